The van der Waals surface area contributed by atoms with Gasteiger partial charge in [0.2, 0.25) is 0 Å². The third kappa shape index (κ3) is 3.68. The van der Waals surface area contributed by atoms with Gasteiger partial charge in [0, 0.05) is 17.4 Å². The van der Waals surface area contributed by atoms with Crippen molar-refractivity contribution in [2.75, 3.05) is 5.32 Å². The highest BCUT2D eigenvalue weighted by Gasteiger charge is 2.35. The second-order valence-corrected chi connectivity index (χ2v) is 6.01. The maximum absolute atomic E-state index is 13.5. The fourth-order valence-corrected chi connectivity index (χ4v) is 2.81. The second kappa shape index (κ2) is 6.63. The lowest BCUT2D eigenvalue weighted by molar-refractivity contribution is -0.138. The van der Waals surface area contributed by atoms with Gasteiger partial charge in [-0.15, -0.1) is 0 Å². The van der Waals surface area contributed by atoms with E-state index in [1.165, 1.54) is 18.3 Å². The van der Waals surface area contributed by atoms with Crippen molar-refractivity contribution in [2.24, 2.45) is 0 Å². The Morgan fingerprint density at radius 3 is 2.52 bits per heavy atom. The fraction of sp³-hybridized carbons (Fsp3) is 0.211. The SMILES string of the molecule is Cc1ccc(C)c(NC(c2cn[nH]c2)c2ccccc2C(F)(F)F)c1. The molecule has 1 unspecified atom stereocenters. The van der Waals surface area contributed by atoms with Gasteiger partial charge in [0.25, 0.3) is 0 Å². The van der Waals surface area contributed by atoms with Crippen molar-refractivity contribution in [2.45, 2.75) is 26.1 Å². The van der Waals surface area contributed by atoms with E-state index in [4.69, 9.17) is 0 Å². The van der Waals surface area contributed by atoms with Crippen molar-refractivity contribution in [3.8, 4) is 0 Å². The standard InChI is InChI=1S/C19H18F3N3/c1-12-7-8-13(2)17(9-12)25-18(14-10-23-24-11-14)15-5-3-4-6-16(15)19(20,21)22/h3-11,18,25H,1-2H3,(H,23,24). The molecule has 0 saturated heterocycles. The van der Waals surface area contributed by atoms with Crippen LogP contribution in [-0.4, -0.2) is 10.2 Å². The van der Waals surface area contributed by atoms with Crippen LogP contribution in [0, 0.1) is 13.8 Å². The number of nitrogens with zero attached hydrogens (tertiary/aromatic N) is 1. The minimum atomic E-state index is -4.43. The zero-order chi connectivity index (χ0) is 18.0. The summed E-state index contributed by atoms with van der Waals surface area (Å²) in [5.74, 6) is 0. The molecule has 3 rings (SSSR count). The van der Waals surface area contributed by atoms with E-state index in [2.05, 4.69) is 15.5 Å². The predicted molar refractivity (Wildman–Crippen MR) is 91.4 cm³/mol. The smallest absolute Gasteiger partial charge is 0.374 e. The van der Waals surface area contributed by atoms with Crippen LogP contribution in [0.1, 0.15) is 33.9 Å². The normalized spacial score (nSPS) is 12.8. The van der Waals surface area contributed by atoms with E-state index in [9.17, 15) is 13.2 Å². The minimum absolute atomic E-state index is 0.164. The molecule has 25 heavy (non-hydrogen) atoms. The summed E-state index contributed by atoms with van der Waals surface area (Å²) < 4.78 is 40.4. The molecule has 0 aliphatic heterocycles. The number of H-pyrrole nitrogens is 1. The van der Waals surface area contributed by atoms with Crippen molar-refractivity contribution >= 4 is 5.69 Å². The third-order valence-electron chi connectivity index (χ3n) is 4.12. The topological polar surface area (TPSA) is 40.7 Å². The van der Waals surface area contributed by atoms with Gasteiger partial charge < -0.3 is 5.32 Å². The molecule has 0 radical (unpaired) electrons. The molecule has 6 heteroatoms. The number of rotatable bonds is 4. The summed E-state index contributed by atoms with van der Waals surface area (Å²) >= 11 is 0. The van der Waals surface area contributed by atoms with E-state index in [0.717, 1.165) is 22.9 Å². The maximum atomic E-state index is 13.5. The molecule has 0 bridgehead atoms. The van der Waals surface area contributed by atoms with Crippen molar-refractivity contribution in [1.29, 1.82) is 0 Å². The molecule has 0 spiro atoms. The molecule has 1 heterocycles. The number of halogens is 3. The fourth-order valence-electron chi connectivity index (χ4n) is 2.81. The Labute approximate surface area is 143 Å². The second-order valence-electron chi connectivity index (χ2n) is 6.01. The zero-order valence-electron chi connectivity index (χ0n) is 13.9. The van der Waals surface area contributed by atoms with E-state index in [1.54, 1.807) is 12.3 Å². The molecule has 0 fully saturated rings. The highest BCUT2D eigenvalue weighted by Crippen LogP contribution is 2.38. The molecular weight excluding hydrogens is 327 g/mol. The molecule has 2 N–H and O–H groups in total. The van der Waals surface area contributed by atoms with Crippen LogP contribution >= 0.6 is 0 Å². The average Bonchev–Trinajstić information content (AvgIpc) is 3.09. The number of aromatic amines is 1. The first-order chi connectivity index (χ1) is 11.9. The number of nitrogens with one attached hydrogen (secondary N) is 2. The largest absolute Gasteiger partial charge is 0.416 e. The van der Waals surface area contributed by atoms with E-state index >= 15 is 0 Å². The molecule has 0 amide bonds. The molecule has 2 aromatic carbocycles. The number of alkyl halides is 3. The number of hydrogen-bond donors (Lipinski definition) is 2. The van der Waals surface area contributed by atoms with Crippen LogP contribution in [0.15, 0.2) is 54.9 Å². The first-order valence-corrected chi connectivity index (χ1v) is 7.85. The van der Waals surface area contributed by atoms with Gasteiger partial charge in [-0.3, -0.25) is 5.10 Å². The van der Waals surface area contributed by atoms with Gasteiger partial charge >= 0.3 is 6.18 Å². The highest BCUT2D eigenvalue weighted by molar-refractivity contribution is 5.56. The lowest BCUT2D eigenvalue weighted by atomic mass is 9.95. The summed E-state index contributed by atoms with van der Waals surface area (Å²) in [4.78, 5) is 0. The van der Waals surface area contributed by atoms with Crippen LogP contribution < -0.4 is 5.32 Å². The Bertz CT molecular complexity index is 855. The van der Waals surface area contributed by atoms with Crippen molar-refractivity contribution in [1.82, 2.24) is 10.2 Å². The van der Waals surface area contributed by atoms with E-state index < -0.39 is 17.8 Å². The van der Waals surface area contributed by atoms with Crippen LogP contribution in [0.3, 0.4) is 0 Å². The molecule has 130 valence electrons. The summed E-state index contributed by atoms with van der Waals surface area (Å²) in [6.07, 6.45) is -1.28. The summed E-state index contributed by atoms with van der Waals surface area (Å²) in [5.41, 5.74) is 2.93. The van der Waals surface area contributed by atoms with E-state index in [1.807, 2.05) is 32.0 Å². The molecule has 0 saturated carbocycles. The summed E-state index contributed by atoms with van der Waals surface area (Å²) in [6, 6.07) is 10.8. The number of hydrogen-bond acceptors (Lipinski definition) is 2. The zero-order valence-corrected chi connectivity index (χ0v) is 13.9. The number of anilines is 1. The van der Waals surface area contributed by atoms with Crippen LogP contribution in [0.25, 0.3) is 0 Å². The molecule has 3 aromatic rings. The Kier molecular flexibility index (Phi) is 4.53. The van der Waals surface area contributed by atoms with Crippen LogP contribution in [0.5, 0.6) is 0 Å². The van der Waals surface area contributed by atoms with Crippen LogP contribution in [-0.2, 0) is 6.18 Å². The van der Waals surface area contributed by atoms with E-state index in [0.29, 0.717) is 5.56 Å². The minimum Gasteiger partial charge on any atom is -0.374 e. The first kappa shape index (κ1) is 17.1. The number of aromatic nitrogens is 2. The number of aryl methyl sites for hydroxylation is 2. The van der Waals surface area contributed by atoms with Gasteiger partial charge in [-0.1, -0.05) is 30.3 Å². The van der Waals surface area contributed by atoms with Crippen molar-refractivity contribution in [3.05, 3.63) is 82.7 Å². The number of benzene rings is 2. The van der Waals surface area contributed by atoms with Gasteiger partial charge in [0.05, 0.1) is 17.8 Å². The Morgan fingerprint density at radius 2 is 1.84 bits per heavy atom. The van der Waals surface area contributed by atoms with Gasteiger partial charge in [0.1, 0.15) is 0 Å². The summed E-state index contributed by atoms with van der Waals surface area (Å²) in [5, 5.41) is 9.83. The van der Waals surface area contributed by atoms with Crippen molar-refractivity contribution in [3.63, 3.8) is 0 Å². The Morgan fingerprint density at radius 1 is 1.08 bits per heavy atom. The molecule has 0 aliphatic carbocycles. The van der Waals surface area contributed by atoms with E-state index in [-0.39, 0.29) is 5.56 Å². The first-order valence-electron chi connectivity index (χ1n) is 7.85. The average molecular weight is 345 g/mol. The van der Waals surface area contributed by atoms with Crippen LogP contribution in [0.4, 0.5) is 18.9 Å². The Hall–Kier alpha value is -2.76. The summed E-state index contributed by atoms with van der Waals surface area (Å²) in [6.45, 7) is 3.87. The summed E-state index contributed by atoms with van der Waals surface area (Å²) in [7, 11) is 0. The maximum Gasteiger partial charge on any atom is 0.416 e. The lowest BCUT2D eigenvalue weighted by Gasteiger charge is -2.24. The molecule has 0 aliphatic rings. The van der Waals surface area contributed by atoms with Gasteiger partial charge in [-0.05, 0) is 42.7 Å². The van der Waals surface area contributed by atoms with Gasteiger partial charge in [0.15, 0.2) is 0 Å². The molecular formula is C19H18F3N3. The quantitative estimate of drug-likeness (QED) is 0.678. The molecule has 1 aromatic heterocycles. The van der Waals surface area contributed by atoms with Crippen molar-refractivity contribution < 1.29 is 13.2 Å². The molecule has 1 atom stereocenters. The highest BCUT2D eigenvalue weighted by atomic mass is 19.4. The third-order valence-corrected chi connectivity index (χ3v) is 4.12. The Balaban J connectivity index is 2.11. The molecule has 3 nitrogen and oxygen atoms in total. The predicted octanol–water partition coefficient (Wildman–Crippen LogP) is 5.25. The van der Waals surface area contributed by atoms with Crippen LogP contribution in [0.2, 0.25) is 0 Å². The lowest BCUT2D eigenvalue weighted by Crippen LogP contribution is -2.18. The van der Waals surface area contributed by atoms with Gasteiger partial charge in [-0.2, -0.15) is 18.3 Å². The van der Waals surface area contributed by atoms with Gasteiger partial charge in [-0.25, -0.2) is 0 Å². The monoisotopic (exact) mass is 345 g/mol.